The Kier molecular flexibility index (Phi) is 7.42. The smallest absolute Gasteiger partial charge is 0.251 e. The monoisotopic (exact) mass is 563 g/mol. The van der Waals surface area contributed by atoms with Crippen molar-refractivity contribution in [2.75, 3.05) is 19.2 Å². The number of aromatic nitrogens is 3. The maximum atomic E-state index is 14.2. The molecule has 1 aliphatic heterocycles. The van der Waals surface area contributed by atoms with E-state index in [9.17, 15) is 9.59 Å². The molecule has 0 saturated heterocycles. The number of aryl methyl sites for hydroxylation is 1. The first-order valence-electron chi connectivity index (χ1n) is 13.5. The molecule has 1 N–H and O–H groups in total. The van der Waals surface area contributed by atoms with Gasteiger partial charge < -0.3 is 24.4 Å². The Morgan fingerprint density at radius 1 is 0.976 bits per heavy atom. The summed E-state index contributed by atoms with van der Waals surface area (Å²) in [6.45, 7) is 2.20. The SMILES string of the molecule is COc1cccc(C(C(=O)Nc2ccc3c(c2)OCO3)N(Cc2ccc(C)cc2)C(=O)Cn2nnc3ccccc32)c1. The molecule has 1 unspecified atom stereocenters. The highest BCUT2D eigenvalue weighted by molar-refractivity contribution is 5.98. The molecule has 0 spiro atoms. The molecule has 10 heteroatoms. The number of benzene rings is 4. The molecule has 0 aliphatic carbocycles. The summed E-state index contributed by atoms with van der Waals surface area (Å²) in [5, 5.41) is 11.4. The Morgan fingerprint density at radius 3 is 2.62 bits per heavy atom. The lowest BCUT2D eigenvalue weighted by Gasteiger charge is -2.32. The van der Waals surface area contributed by atoms with E-state index in [1.54, 1.807) is 53.1 Å². The van der Waals surface area contributed by atoms with Crippen LogP contribution in [0.1, 0.15) is 22.7 Å². The maximum Gasteiger partial charge on any atom is 0.251 e. The van der Waals surface area contributed by atoms with E-state index in [-0.39, 0.29) is 25.8 Å². The minimum Gasteiger partial charge on any atom is -0.497 e. The normalized spacial score (nSPS) is 12.6. The van der Waals surface area contributed by atoms with Crippen LogP contribution in [0.25, 0.3) is 11.0 Å². The zero-order chi connectivity index (χ0) is 29.1. The van der Waals surface area contributed by atoms with E-state index in [0.29, 0.717) is 34.0 Å². The second-order valence-corrected chi connectivity index (χ2v) is 9.98. The second-order valence-electron chi connectivity index (χ2n) is 9.98. The van der Waals surface area contributed by atoms with E-state index in [4.69, 9.17) is 14.2 Å². The van der Waals surface area contributed by atoms with Gasteiger partial charge in [-0.1, -0.05) is 59.3 Å². The van der Waals surface area contributed by atoms with Gasteiger partial charge in [-0.05, 0) is 54.4 Å². The third-order valence-corrected chi connectivity index (χ3v) is 7.11. The zero-order valence-corrected chi connectivity index (χ0v) is 23.2. The van der Waals surface area contributed by atoms with Crippen molar-refractivity contribution in [3.8, 4) is 17.2 Å². The van der Waals surface area contributed by atoms with E-state index >= 15 is 0 Å². The van der Waals surface area contributed by atoms with E-state index < -0.39 is 11.9 Å². The molecule has 5 aromatic rings. The highest BCUT2D eigenvalue weighted by Gasteiger charge is 2.33. The third kappa shape index (κ3) is 5.60. The van der Waals surface area contributed by atoms with Crippen molar-refractivity contribution in [1.29, 1.82) is 0 Å². The van der Waals surface area contributed by atoms with Crippen molar-refractivity contribution in [2.24, 2.45) is 0 Å². The molecular weight excluding hydrogens is 534 g/mol. The average molecular weight is 564 g/mol. The van der Waals surface area contributed by atoms with Gasteiger partial charge in [0.05, 0.1) is 12.6 Å². The number of methoxy groups -OCH3 is 1. The first-order chi connectivity index (χ1) is 20.5. The number of amides is 2. The molecule has 0 saturated carbocycles. The lowest BCUT2D eigenvalue weighted by molar-refractivity contribution is -0.140. The van der Waals surface area contributed by atoms with Gasteiger partial charge in [-0.2, -0.15) is 0 Å². The molecule has 0 fully saturated rings. The van der Waals surface area contributed by atoms with Crippen LogP contribution in [0, 0.1) is 6.92 Å². The van der Waals surface area contributed by atoms with Crippen molar-refractivity contribution < 1.29 is 23.8 Å². The van der Waals surface area contributed by atoms with Gasteiger partial charge in [0.15, 0.2) is 11.5 Å². The molecule has 0 bridgehead atoms. The molecule has 4 aromatic carbocycles. The Hall–Kier alpha value is -5.38. The first-order valence-corrected chi connectivity index (χ1v) is 13.5. The lowest BCUT2D eigenvalue weighted by Crippen LogP contribution is -2.42. The van der Waals surface area contributed by atoms with E-state index in [1.165, 1.54) is 0 Å². The summed E-state index contributed by atoms with van der Waals surface area (Å²) in [5.74, 6) is 1.01. The van der Waals surface area contributed by atoms with Crippen molar-refractivity contribution in [2.45, 2.75) is 26.1 Å². The molecule has 0 radical (unpaired) electrons. The number of nitrogens with zero attached hydrogens (tertiary/aromatic N) is 4. The van der Waals surface area contributed by atoms with Gasteiger partial charge in [-0.15, -0.1) is 5.10 Å². The number of hydrogen-bond donors (Lipinski definition) is 1. The van der Waals surface area contributed by atoms with Crippen LogP contribution in [0.3, 0.4) is 0 Å². The van der Waals surface area contributed by atoms with Crippen molar-refractivity contribution in [1.82, 2.24) is 19.9 Å². The van der Waals surface area contributed by atoms with Gasteiger partial charge in [-0.3, -0.25) is 9.59 Å². The molecule has 212 valence electrons. The van der Waals surface area contributed by atoms with E-state index in [0.717, 1.165) is 16.6 Å². The number of rotatable bonds is 9. The van der Waals surface area contributed by atoms with Gasteiger partial charge in [0.25, 0.3) is 5.91 Å². The molecular formula is C32H29N5O5. The fourth-order valence-electron chi connectivity index (χ4n) is 4.94. The van der Waals surface area contributed by atoms with Crippen LogP contribution >= 0.6 is 0 Å². The van der Waals surface area contributed by atoms with E-state index in [1.807, 2.05) is 61.5 Å². The Morgan fingerprint density at radius 2 is 1.79 bits per heavy atom. The maximum absolute atomic E-state index is 14.2. The summed E-state index contributed by atoms with van der Waals surface area (Å²) in [5.41, 5.74) is 4.49. The van der Waals surface area contributed by atoms with Gasteiger partial charge in [0.2, 0.25) is 12.7 Å². The third-order valence-electron chi connectivity index (χ3n) is 7.11. The Balaban J connectivity index is 1.40. The van der Waals surface area contributed by atoms with E-state index in [2.05, 4.69) is 15.6 Å². The van der Waals surface area contributed by atoms with Crippen LogP contribution in [0.4, 0.5) is 5.69 Å². The molecule has 1 aromatic heterocycles. The number of nitrogens with one attached hydrogen (secondary N) is 1. The molecule has 1 atom stereocenters. The number of para-hydroxylation sites is 1. The van der Waals surface area contributed by atoms with Crippen LogP contribution in [0.5, 0.6) is 17.2 Å². The summed E-state index contributed by atoms with van der Waals surface area (Å²) in [6, 6.07) is 26.7. The van der Waals surface area contributed by atoms with Gasteiger partial charge in [0.1, 0.15) is 23.9 Å². The summed E-state index contributed by atoms with van der Waals surface area (Å²) in [7, 11) is 1.56. The minimum absolute atomic E-state index is 0.107. The first kappa shape index (κ1) is 26.8. The summed E-state index contributed by atoms with van der Waals surface area (Å²) >= 11 is 0. The minimum atomic E-state index is -1.01. The molecule has 6 rings (SSSR count). The quantitative estimate of drug-likeness (QED) is 0.272. The number of fused-ring (bicyclic) bond motifs is 2. The fraction of sp³-hybridized carbons (Fsp3) is 0.188. The van der Waals surface area contributed by atoms with Gasteiger partial charge >= 0.3 is 0 Å². The van der Waals surface area contributed by atoms with Crippen molar-refractivity contribution >= 4 is 28.5 Å². The van der Waals surface area contributed by atoms with Crippen LogP contribution in [-0.4, -0.2) is 45.6 Å². The molecule has 42 heavy (non-hydrogen) atoms. The fourth-order valence-corrected chi connectivity index (χ4v) is 4.94. The Labute approximate surface area is 242 Å². The number of ether oxygens (including phenoxy) is 3. The number of anilines is 1. The van der Waals surface area contributed by atoms with Crippen molar-refractivity contribution in [3.63, 3.8) is 0 Å². The molecule has 1 aliphatic rings. The average Bonchev–Trinajstić information content (AvgIpc) is 3.65. The number of carbonyl (C=O) groups is 2. The van der Waals surface area contributed by atoms with Crippen LogP contribution in [-0.2, 0) is 22.7 Å². The van der Waals surface area contributed by atoms with Crippen LogP contribution in [0.2, 0.25) is 0 Å². The lowest BCUT2D eigenvalue weighted by atomic mass is 10.0. The standard InChI is InChI=1S/C32H29N5O5/c1-21-10-12-22(13-11-21)18-36(30(38)19-37-27-9-4-3-8-26(27)34-35-37)31(23-6-5-7-25(16-23)40-2)32(39)33-24-14-15-28-29(17-24)42-20-41-28/h3-17,31H,18-20H2,1-2H3,(H,33,39). The van der Waals surface area contributed by atoms with Crippen molar-refractivity contribution in [3.05, 3.63) is 108 Å². The van der Waals surface area contributed by atoms with Gasteiger partial charge in [-0.25, -0.2) is 4.68 Å². The van der Waals surface area contributed by atoms with Crippen LogP contribution < -0.4 is 19.5 Å². The summed E-state index contributed by atoms with van der Waals surface area (Å²) < 4.78 is 17.9. The summed E-state index contributed by atoms with van der Waals surface area (Å²) in [4.78, 5) is 29.9. The Bertz CT molecular complexity index is 1750. The van der Waals surface area contributed by atoms with Gasteiger partial charge in [0, 0.05) is 18.3 Å². The number of carbonyl (C=O) groups excluding carboxylic acids is 2. The molecule has 10 nitrogen and oxygen atoms in total. The topological polar surface area (TPSA) is 108 Å². The highest BCUT2D eigenvalue weighted by Crippen LogP contribution is 2.35. The summed E-state index contributed by atoms with van der Waals surface area (Å²) in [6.07, 6.45) is 0. The predicted molar refractivity (Wildman–Crippen MR) is 156 cm³/mol. The molecule has 2 heterocycles. The zero-order valence-electron chi connectivity index (χ0n) is 23.2. The largest absolute Gasteiger partial charge is 0.497 e. The highest BCUT2D eigenvalue weighted by atomic mass is 16.7. The second kappa shape index (κ2) is 11.6. The number of hydrogen-bond acceptors (Lipinski definition) is 7. The molecule has 2 amide bonds. The predicted octanol–water partition coefficient (Wildman–Crippen LogP) is 4.89. The van der Waals surface area contributed by atoms with Crippen LogP contribution in [0.15, 0.2) is 91.0 Å².